The molecule has 0 saturated carbocycles. The second kappa shape index (κ2) is 10.9. The van der Waals surface area contributed by atoms with Crippen molar-refractivity contribution < 1.29 is 9.85 Å². The van der Waals surface area contributed by atoms with Crippen LogP contribution < -0.4 is 16.1 Å². The topological polar surface area (TPSA) is 173 Å². The molecule has 37 heavy (non-hydrogen) atoms. The van der Waals surface area contributed by atoms with E-state index in [-0.39, 0.29) is 29.2 Å². The molecule has 0 unspecified atom stereocenters. The van der Waals surface area contributed by atoms with Gasteiger partial charge in [0, 0.05) is 41.2 Å². The van der Waals surface area contributed by atoms with Gasteiger partial charge in [0.15, 0.2) is 0 Å². The summed E-state index contributed by atoms with van der Waals surface area (Å²) in [6.07, 6.45) is 1.40. The number of hydrogen-bond donors (Lipinski definition) is 3. The Bertz CT molecular complexity index is 1490. The van der Waals surface area contributed by atoms with Gasteiger partial charge in [0.2, 0.25) is 17.8 Å². The molecule has 4 rings (SSSR count). The second-order valence-corrected chi connectivity index (χ2v) is 7.88. The van der Waals surface area contributed by atoms with E-state index in [9.17, 15) is 20.2 Å². The summed E-state index contributed by atoms with van der Waals surface area (Å²) < 4.78 is 0. The molecule has 3 N–H and O–H groups in total. The van der Waals surface area contributed by atoms with Crippen LogP contribution in [0.1, 0.15) is 16.7 Å². The summed E-state index contributed by atoms with van der Waals surface area (Å²) in [4.78, 5) is 34.0. The molecule has 0 atom stereocenters. The van der Waals surface area contributed by atoms with E-state index in [4.69, 9.17) is 0 Å². The Balaban J connectivity index is 1.60. The van der Waals surface area contributed by atoms with Crippen LogP contribution in [0.3, 0.4) is 0 Å². The molecule has 1 heterocycles. The highest BCUT2D eigenvalue weighted by Gasteiger charge is 2.10. The highest BCUT2D eigenvalue weighted by molar-refractivity contribution is 5.81. The third kappa shape index (κ3) is 6.57. The molecule has 0 aliphatic rings. The Labute approximate surface area is 210 Å². The molecule has 13 heteroatoms. The minimum Gasteiger partial charge on any atom is -0.324 e. The Morgan fingerprint density at radius 3 is 2.00 bits per heavy atom. The summed E-state index contributed by atoms with van der Waals surface area (Å²) in [5, 5.41) is 32.1. The summed E-state index contributed by atoms with van der Waals surface area (Å²) in [6.45, 7) is 4.00. The van der Waals surface area contributed by atoms with Crippen LogP contribution in [-0.4, -0.2) is 31.0 Å². The van der Waals surface area contributed by atoms with Crippen LogP contribution in [0.2, 0.25) is 0 Å². The van der Waals surface area contributed by atoms with E-state index < -0.39 is 9.85 Å². The van der Waals surface area contributed by atoms with Gasteiger partial charge in [0.1, 0.15) is 0 Å². The van der Waals surface area contributed by atoms with Crippen LogP contribution in [0, 0.1) is 34.1 Å². The largest absolute Gasteiger partial charge is 0.324 e. The predicted octanol–water partition coefficient (Wildman–Crippen LogP) is 5.24. The maximum atomic E-state index is 11.0. The molecule has 0 spiro atoms. The predicted molar refractivity (Wildman–Crippen MR) is 140 cm³/mol. The molecule has 3 aromatic carbocycles. The monoisotopic (exact) mass is 499 g/mol. The molecule has 1 aromatic heterocycles. The Morgan fingerprint density at radius 2 is 1.35 bits per heavy atom. The summed E-state index contributed by atoms with van der Waals surface area (Å²) in [6, 6.07) is 17.6. The quantitative estimate of drug-likeness (QED) is 0.157. The first-order chi connectivity index (χ1) is 17.8. The van der Waals surface area contributed by atoms with E-state index >= 15 is 0 Å². The van der Waals surface area contributed by atoms with Crippen molar-refractivity contribution >= 4 is 46.8 Å². The number of nitrogens with one attached hydrogen (secondary N) is 3. The van der Waals surface area contributed by atoms with Gasteiger partial charge in [-0.3, -0.25) is 20.2 Å². The molecule has 0 amide bonds. The molecule has 13 nitrogen and oxygen atoms in total. The summed E-state index contributed by atoms with van der Waals surface area (Å²) in [5.41, 5.74) is 6.63. The van der Waals surface area contributed by atoms with Crippen molar-refractivity contribution in [1.29, 1.82) is 0 Å². The van der Waals surface area contributed by atoms with E-state index in [1.54, 1.807) is 12.1 Å². The smallest absolute Gasteiger partial charge is 0.270 e. The molecular formula is C24H21N9O4. The first kappa shape index (κ1) is 24.7. The van der Waals surface area contributed by atoms with Crippen molar-refractivity contribution in [1.82, 2.24) is 15.0 Å². The zero-order valence-corrected chi connectivity index (χ0v) is 19.7. The molecule has 0 aliphatic carbocycles. The molecular weight excluding hydrogens is 478 g/mol. The number of nitro groups is 2. The van der Waals surface area contributed by atoms with Crippen LogP contribution in [0.4, 0.5) is 40.6 Å². The SMILES string of the molecule is Cc1ccc(Nc2nc(N/N=C/c3cccc([N+](=O)[O-])c3)nc(Nc3ccc([N+](=O)[O-])cc3)n2)cc1C. The molecule has 0 fully saturated rings. The number of benzene rings is 3. The number of rotatable bonds is 9. The van der Waals surface area contributed by atoms with E-state index in [0.717, 1.165) is 16.8 Å². The van der Waals surface area contributed by atoms with Gasteiger partial charge in [0.25, 0.3) is 11.4 Å². The lowest BCUT2D eigenvalue weighted by atomic mass is 10.1. The summed E-state index contributed by atoms with van der Waals surface area (Å²) >= 11 is 0. The van der Waals surface area contributed by atoms with Crippen molar-refractivity contribution in [3.05, 3.63) is 104 Å². The van der Waals surface area contributed by atoms with E-state index in [1.165, 1.54) is 42.6 Å². The van der Waals surface area contributed by atoms with Crippen molar-refractivity contribution in [3.63, 3.8) is 0 Å². The van der Waals surface area contributed by atoms with Crippen LogP contribution in [0.25, 0.3) is 0 Å². The minimum atomic E-state index is -0.488. The molecule has 186 valence electrons. The number of anilines is 5. The Kier molecular flexibility index (Phi) is 7.24. The maximum absolute atomic E-state index is 11.0. The van der Waals surface area contributed by atoms with Gasteiger partial charge in [-0.2, -0.15) is 20.1 Å². The second-order valence-electron chi connectivity index (χ2n) is 7.88. The minimum absolute atomic E-state index is 0.0452. The average molecular weight is 499 g/mol. The Morgan fingerprint density at radius 1 is 0.730 bits per heavy atom. The van der Waals surface area contributed by atoms with E-state index in [0.29, 0.717) is 11.3 Å². The van der Waals surface area contributed by atoms with Crippen molar-refractivity contribution in [2.24, 2.45) is 5.10 Å². The third-order valence-corrected chi connectivity index (χ3v) is 5.19. The lowest BCUT2D eigenvalue weighted by Gasteiger charge is -2.11. The van der Waals surface area contributed by atoms with Gasteiger partial charge < -0.3 is 10.6 Å². The lowest BCUT2D eigenvalue weighted by Crippen LogP contribution is -2.07. The van der Waals surface area contributed by atoms with Gasteiger partial charge in [-0.25, -0.2) is 5.43 Å². The number of hydrazone groups is 1. The highest BCUT2D eigenvalue weighted by atomic mass is 16.6. The summed E-state index contributed by atoms with van der Waals surface area (Å²) in [7, 11) is 0. The summed E-state index contributed by atoms with van der Waals surface area (Å²) in [5.74, 6) is 0.464. The zero-order valence-electron chi connectivity index (χ0n) is 19.7. The zero-order chi connectivity index (χ0) is 26.4. The third-order valence-electron chi connectivity index (χ3n) is 5.19. The van der Waals surface area contributed by atoms with Crippen molar-refractivity contribution in [3.8, 4) is 0 Å². The van der Waals surface area contributed by atoms with Gasteiger partial charge >= 0.3 is 0 Å². The first-order valence-corrected chi connectivity index (χ1v) is 10.9. The molecule has 0 bridgehead atoms. The standard InChI is InChI=1S/C24H21N9O4/c1-15-6-7-19(12-16(15)2)27-23-28-22(26-18-8-10-20(11-9-18)32(34)35)29-24(30-23)31-25-14-17-4-3-5-21(13-17)33(36)37/h3-14H,1-2H3,(H3,26,27,28,29,30,31)/b25-14+. The fourth-order valence-corrected chi connectivity index (χ4v) is 3.16. The Hall–Kier alpha value is -5.46. The van der Waals surface area contributed by atoms with Gasteiger partial charge in [-0.1, -0.05) is 18.2 Å². The molecule has 4 aromatic rings. The van der Waals surface area contributed by atoms with Crippen LogP contribution in [-0.2, 0) is 0 Å². The fraction of sp³-hybridized carbons (Fsp3) is 0.0833. The fourth-order valence-electron chi connectivity index (χ4n) is 3.16. The number of nitro benzene ring substituents is 2. The van der Waals surface area contributed by atoms with Crippen molar-refractivity contribution in [2.75, 3.05) is 16.1 Å². The van der Waals surface area contributed by atoms with Crippen LogP contribution >= 0.6 is 0 Å². The number of aromatic nitrogens is 3. The van der Waals surface area contributed by atoms with Crippen molar-refractivity contribution in [2.45, 2.75) is 13.8 Å². The molecule has 0 saturated heterocycles. The van der Waals surface area contributed by atoms with Gasteiger partial charge in [0.05, 0.1) is 16.1 Å². The number of hydrogen-bond acceptors (Lipinski definition) is 11. The number of non-ortho nitro benzene ring substituents is 2. The van der Waals surface area contributed by atoms with Crippen LogP contribution in [0.15, 0.2) is 71.8 Å². The lowest BCUT2D eigenvalue weighted by molar-refractivity contribution is -0.385. The number of aryl methyl sites for hydroxylation is 2. The van der Waals surface area contributed by atoms with E-state index in [1.807, 2.05) is 32.0 Å². The molecule has 0 aliphatic heterocycles. The van der Waals surface area contributed by atoms with Gasteiger partial charge in [-0.05, 0) is 49.2 Å². The molecule has 0 radical (unpaired) electrons. The highest BCUT2D eigenvalue weighted by Crippen LogP contribution is 2.22. The average Bonchev–Trinajstić information content (AvgIpc) is 2.87. The number of nitrogens with zero attached hydrogens (tertiary/aromatic N) is 6. The van der Waals surface area contributed by atoms with E-state index in [2.05, 4.69) is 36.1 Å². The normalized spacial score (nSPS) is 10.8. The van der Waals surface area contributed by atoms with Gasteiger partial charge in [-0.15, -0.1) is 0 Å². The van der Waals surface area contributed by atoms with Crippen LogP contribution in [0.5, 0.6) is 0 Å². The first-order valence-electron chi connectivity index (χ1n) is 10.9. The maximum Gasteiger partial charge on any atom is 0.270 e.